The van der Waals surface area contributed by atoms with Gasteiger partial charge in [0.05, 0.1) is 5.88 Å². The molecule has 4 heteroatoms. The molecule has 2 rings (SSSR count). The Balaban J connectivity index is 1.91. The number of furan rings is 1. The molecule has 1 heterocycles. The minimum Gasteiger partial charge on any atom is -0.455 e. The summed E-state index contributed by atoms with van der Waals surface area (Å²) < 4.78 is 5.30. The van der Waals surface area contributed by atoms with Gasteiger partial charge < -0.3 is 9.73 Å². The Bertz CT molecular complexity index is 536. The molecule has 3 nitrogen and oxygen atoms in total. The van der Waals surface area contributed by atoms with E-state index >= 15 is 0 Å². The van der Waals surface area contributed by atoms with Crippen LogP contribution in [-0.2, 0) is 12.3 Å². The van der Waals surface area contributed by atoms with Crippen LogP contribution in [0.15, 0.2) is 46.9 Å². The van der Waals surface area contributed by atoms with Crippen molar-refractivity contribution < 1.29 is 9.21 Å². The number of rotatable bonds is 5. The normalized spacial score (nSPS) is 12.1. The molecular formula is C15H16ClNO2. The highest BCUT2D eigenvalue weighted by Gasteiger charge is 2.13. The highest BCUT2D eigenvalue weighted by molar-refractivity contribution is 6.16. The van der Waals surface area contributed by atoms with E-state index in [2.05, 4.69) is 5.32 Å². The fourth-order valence-electron chi connectivity index (χ4n) is 1.89. The van der Waals surface area contributed by atoms with E-state index in [1.165, 1.54) is 5.56 Å². The summed E-state index contributed by atoms with van der Waals surface area (Å²) in [7, 11) is 0. The summed E-state index contributed by atoms with van der Waals surface area (Å²) in [4.78, 5) is 11.9. The van der Waals surface area contributed by atoms with Crippen molar-refractivity contribution in [2.75, 3.05) is 0 Å². The standard InChI is InChI=1S/C15H16ClNO2/c1-11(9-12-5-3-2-4-6-12)17-15(18)14-8-7-13(10-16)19-14/h2-8,11H,9-10H2,1H3,(H,17,18)/t11-/m1/s1. The zero-order valence-corrected chi connectivity index (χ0v) is 11.5. The molecule has 1 N–H and O–H groups in total. The molecule has 0 saturated heterocycles. The average molecular weight is 278 g/mol. The second-order valence-electron chi connectivity index (χ2n) is 4.46. The van der Waals surface area contributed by atoms with Gasteiger partial charge in [0.1, 0.15) is 5.76 Å². The second-order valence-corrected chi connectivity index (χ2v) is 4.73. The fraction of sp³-hybridized carbons (Fsp3) is 0.267. The lowest BCUT2D eigenvalue weighted by Gasteiger charge is -2.12. The molecule has 0 saturated carbocycles. The number of hydrogen-bond donors (Lipinski definition) is 1. The molecule has 2 aromatic rings. The molecule has 1 aromatic carbocycles. The van der Waals surface area contributed by atoms with Crippen LogP contribution in [0.1, 0.15) is 28.8 Å². The van der Waals surface area contributed by atoms with Crippen LogP contribution in [0, 0.1) is 0 Å². The average Bonchev–Trinajstić information content (AvgIpc) is 2.88. The van der Waals surface area contributed by atoms with Crippen LogP contribution >= 0.6 is 11.6 Å². The third kappa shape index (κ3) is 3.86. The molecule has 0 aliphatic rings. The van der Waals surface area contributed by atoms with Gasteiger partial charge in [-0.05, 0) is 31.0 Å². The molecule has 1 aromatic heterocycles. The number of benzene rings is 1. The van der Waals surface area contributed by atoms with Crippen LogP contribution in [0.5, 0.6) is 0 Å². The van der Waals surface area contributed by atoms with Gasteiger partial charge in [0, 0.05) is 6.04 Å². The summed E-state index contributed by atoms with van der Waals surface area (Å²) >= 11 is 5.63. The van der Waals surface area contributed by atoms with Crippen molar-refractivity contribution in [1.82, 2.24) is 5.32 Å². The van der Waals surface area contributed by atoms with Crippen molar-refractivity contribution in [3.05, 3.63) is 59.5 Å². The number of alkyl halides is 1. The summed E-state index contributed by atoms with van der Waals surface area (Å²) in [5.41, 5.74) is 1.19. The van der Waals surface area contributed by atoms with Gasteiger partial charge in [-0.15, -0.1) is 11.6 Å². The molecule has 19 heavy (non-hydrogen) atoms. The second kappa shape index (κ2) is 6.43. The third-order valence-corrected chi connectivity index (χ3v) is 3.04. The molecule has 1 amide bonds. The van der Waals surface area contributed by atoms with Gasteiger partial charge in [-0.25, -0.2) is 0 Å². The maximum absolute atomic E-state index is 11.9. The first-order valence-corrected chi connectivity index (χ1v) is 6.72. The Morgan fingerprint density at radius 3 is 2.63 bits per heavy atom. The Hall–Kier alpha value is -1.74. The number of nitrogens with one attached hydrogen (secondary N) is 1. The van der Waals surface area contributed by atoms with Gasteiger partial charge >= 0.3 is 0 Å². The monoisotopic (exact) mass is 277 g/mol. The third-order valence-electron chi connectivity index (χ3n) is 2.78. The smallest absolute Gasteiger partial charge is 0.287 e. The predicted molar refractivity (Wildman–Crippen MR) is 75.3 cm³/mol. The van der Waals surface area contributed by atoms with Crippen molar-refractivity contribution in [3.63, 3.8) is 0 Å². The van der Waals surface area contributed by atoms with Crippen LogP contribution in [0.4, 0.5) is 0 Å². The Morgan fingerprint density at radius 2 is 2.00 bits per heavy atom. The van der Waals surface area contributed by atoms with Crippen molar-refractivity contribution in [1.29, 1.82) is 0 Å². The van der Waals surface area contributed by atoms with Crippen molar-refractivity contribution in [2.24, 2.45) is 0 Å². The number of carbonyl (C=O) groups is 1. The van der Waals surface area contributed by atoms with Crippen molar-refractivity contribution in [3.8, 4) is 0 Å². The van der Waals surface area contributed by atoms with Crippen LogP contribution < -0.4 is 5.32 Å². The van der Waals surface area contributed by atoms with E-state index in [9.17, 15) is 4.79 Å². The van der Waals surface area contributed by atoms with E-state index in [-0.39, 0.29) is 17.8 Å². The van der Waals surface area contributed by atoms with Crippen LogP contribution in [0.25, 0.3) is 0 Å². The molecule has 0 spiro atoms. The predicted octanol–water partition coefficient (Wildman–Crippen LogP) is 3.38. The minimum atomic E-state index is -0.209. The number of halogens is 1. The van der Waals surface area contributed by atoms with E-state index in [0.717, 1.165) is 6.42 Å². The first kappa shape index (κ1) is 13.7. The van der Waals surface area contributed by atoms with E-state index in [1.54, 1.807) is 12.1 Å². The topological polar surface area (TPSA) is 42.2 Å². The Labute approximate surface area is 117 Å². The lowest BCUT2D eigenvalue weighted by molar-refractivity contribution is 0.0910. The Kier molecular flexibility index (Phi) is 4.63. The van der Waals surface area contributed by atoms with Gasteiger partial charge in [0.25, 0.3) is 5.91 Å². The van der Waals surface area contributed by atoms with E-state index < -0.39 is 0 Å². The van der Waals surface area contributed by atoms with E-state index in [0.29, 0.717) is 11.5 Å². The van der Waals surface area contributed by atoms with Crippen molar-refractivity contribution in [2.45, 2.75) is 25.3 Å². The summed E-state index contributed by atoms with van der Waals surface area (Å²) in [6.07, 6.45) is 0.787. The van der Waals surface area contributed by atoms with Crippen molar-refractivity contribution >= 4 is 17.5 Å². The summed E-state index contributed by atoms with van der Waals surface area (Å²) in [6.45, 7) is 1.97. The SMILES string of the molecule is C[C@H](Cc1ccccc1)NC(=O)c1ccc(CCl)o1. The van der Waals surface area contributed by atoms with Crippen LogP contribution in [0.2, 0.25) is 0 Å². The van der Waals surface area contributed by atoms with Gasteiger partial charge in [-0.2, -0.15) is 0 Å². The quantitative estimate of drug-likeness (QED) is 0.852. The summed E-state index contributed by atoms with van der Waals surface area (Å²) in [5, 5.41) is 2.91. The molecule has 0 radical (unpaired) electrons. The lowest BCUT2D eigenvalue weighted by atomic mass is 10.1. The number of carbonyl (C=O) groups excluding carboxylic acids is 1. The maximum atomic E-state index is 11.9. The lowest BCUT2D eigenvalue weighted by Crippen LogP contribution is -2.33. The molecule has 1 atom stereocenters. The molecule has 0 bridgehead atoms. The van der Waals surface area contributed by atoms with Crippen LogP contribution in [-0.4, -0.2) is 11.9 Å². The largest absolute Gasteiger partial charge is 0.455 e. The zero-order valence-electron chi connectivity index (χ0n) is 10.7. The van der Waals surface area contributed by atoms with E-state index in [1.807, 2.05) is 37.3 Å². The van der Waals surface area contributed by atoms with Crippen LogP contribution in [0.3, 0.4) is 0 Å². The first-order valence-electron chi connectivity index (χ1n) is 6.18. The van der Waals surface area contributed by atoms with Gasteiger partial charge in [0.2, 0.25) is 0 Å². The maximum Gasteiger partial charge on any atom is 0.287 e. The van der Waals surface area contributed by atoms with Gasteiger partial charge in [0.15, 0.2) is 5.76 Å². The highest BCUT2D eigenvalue weighted by atomic mass is 35.5. The molecule has 0 aliphatic carbocycles. The number of hydrogen-bond acceptors (Lipinski definition) is 2. The molecule has 100 valence electrons. The highest BCUT2D eigenvalue weighted by Crippen LogP contribution is 2.10. The van der Waals surface area contributed by atoms with Gasteiger partial charge in [-0.3, -0.25) is 4.79 Å². The minimum absolute atomic E-state index is 0.0412. The van der Waals surface area contributed by atoms with E-state index in [4.69, 9.17) is 16.0 Å². The van der Waals surface area contributed by atoms with Gasteiger partial charge in [-0.1, -0.05) is 30.3 Å². The summed E-state index contributed by atoms with van der Waals surface area (Å²) in [5.74, 6) is 0.963. The fourth-order valence-corrected chi connectivity index (χ4v) is 2.03. The summed E-state index contributed by atoms with van der Waals surface area (Å²) in [6, 6.07) is 13.4. The molecule has 0 unspecified atom stereocenters. The first-order chi connectivity index (χ1) is 9.19. The molecular weight excluding hydrogens is 262 g/mol. The number of amides is 1. The Morgan fingerprint density at radius 1 is 1.26 bits per heavy atom. The molecule has 0 aliphatic heterocycles. The zero-order chi connectivity index (χ0) is 13.7. The molecule has 0 fully saturated rings.